The molecule has 2 saturated heterocycles. The second-order valence-corrected chi connectivity index (χ2v) is 11.3. The van der Waals surface area contributed by atoms with Crippen molar-refractivity contribution < 1.29 is 26.4 Å². The lowest BCUT2D eigenvalue weighted by Crippen LogP contribution is -2.40. The third-order valence-corrected chi connectivity index (χ3v) is 9.48. The van der Waals surface area contributed by atoms with E-state index >= 15 is 0 Å². The molecule has 2 heterocycles. The zero-order chi connectivity index (χ0) is 20.8. The Balaban J connectivity index is 1.44. The van der Waals surface area contributed by atoms with Gasteiger partial charge in [0.15, 0.2) is 0 Å². The average molecular weight is 442 g/mol. The van der Waals surface area contributed by atoms with Gasteiger partial charge in [-0.3, -0.25) is 4.79 Å². The number of ether oxygens (including phenoxy) is 1. The Morgan fingerprint density at radius 1 is 0.966 bits per heavy atom. The topological polar surface area (TPSA) is 113 Å². The molecule has 1 aromatic rings. The van der Waals surface area contributed by atoms with Crippen LogP contribution in [0.25, 0.3) is 0 Å². The lowest BCUT2D eigenvalue weighted by molar-refractivity contribution is -0.116. The molecule has 0 spiro atoms. The summed E-state index contributed by atoms with van der Waals surface area (Å²) in [5.41, 5.74) is 0. The van der Waals surface area contributed by atoms with Crippen molar-refractivity contribution in [3.63, 3.8) is 0 Å². The van der Waals surface area contributed by atoms with Gasteiger partial charge < -0.3 is 10.1 Å². The number of nitrogens with one attached hydrogen (secondary N) is 1. The van der Waals surface area contributed by atoms with Crippen LogP contribution in [0.15, 0.2) is 46.7 Å². The molecule has 3 aliphatic rings. The minimum absolute atomic E-state index is 0.00649. The Bertz CT molecular complexity index is 1000. The summed E-state index contributed by atoms with van der Waals surface area (Å²) in [5.74, 6) is -0.0415. The highest BCUT2D eigenvalue weighted by molar-refractivity contribution is 7.89. The van der Waals surface area contributed by atoms with E-state index in [0.29, 0.717) is 26.3 Å². The van der Waals surface area contributed by atoms with Gasteiger partial charge in [0, 0.05) is 32.2 Å². The van der Waals surface area contributed by atoms with Crippen LogP contribution in [0, 0.1) is 11.8 Å². The molecule has 158 valence electrons. The molecule has 1 amide bonds. The van der Waals surface area contributed by atoms with Gasteiger partial charge in [-0.1, -0.05) is 6.58 Å². The fraction of sp³-hybridized carbons (Fsp3) is 0.500. The summed E-state index contributed by atoms with van der Waals surface area (Å²) in [6.45, 7) is 5.33. The maximum atomic E-state index is 12.9. The van der Waals surface area contributed by atoms with Crippen LogP contribution in [0.1, 0.15) is 0 Å². The minimum Gasteiger partial charge on any atom is -0.379 e. The van der Waals surface area contributed by atoms with E-state index in [-0.39, 0.29) is 46.7 Å². The number of nitrogens with zero attached hydrogens (tertiary/aromatic N) is 2. The monoisotopic (exact) mass is 441 g/mol. The van der Waals surface area contributed by atoms with Crippen molar-refractivity contribution in [3.8, 4) is 0 Å². The van der Waals surface area contributed by atoms with Crippen LogP contribution in [0.2, 0.25) is 0 Å². The first-order chi connectivity index (χ1) is 13.7. The molecule has 9 nitrogen and oxygen atoms in total. The van der Waals surface area contributed by atoms with Crippen molar-refractivity contribution in [1.82, 2.24) is 13.9 Å². The van der Waals surface area contributed by atoms with Crippen LogP contribution < -0.4 is 5.32 Å². The lowest BCUT2D eigenvalue weighted by atomic mass is 10.4. The molecule has 11 heteroatoms. The molecule has 4 rings (SSSR count). The van der Waals surface area contributed by atoms with Crippen LogP contribution in [-0.4, -0.2) is 76.8 Å². The highest BCUT2D eigenvalue weighted by atomic mass is 32.2. The summed E-state index contributed by atoms with van der Waals surface area (Å²) < 4.78 is 59.0. The molecule has 2 atom stereocenters. The maximum absolute atomic E-state index is 12.9. The number of hydrogen-bond acceptors (Lipinski definition) is 6. The SMILES string of the molecule is C=CC(=O)NC1C2CN(S(=O)(=O)c3ccc(S(=O)(=O)N4CCOCC4)cc3)CC21. The third-order valence-electron chi connectivity index (χ3n) is 5.72. The zero-order valence-electron chi connectivity index (χ0n) is 15.7. The maximum Gasteiger partial charge on any atom is 0.243 e. The normalized spacial score (nSPS) is 27.9. The number of benzene rings is 1. The number of hydrogen-bond donors (Lipinski definition) is 1. The van der Waals surface area contributed by atoms with Crippen molar-refractivity contribution in [2.24, 2.45) is 11.8 Å². The van der Waals surface area contributed by atoms with E-state index in [4.69, 9.17) is 4.74 Å². The van der Waals surface area contributed by atoms with E-state index < -0.39 is 20.0 Å². The molecule has 0 aromatic heterocycles. The molecule has 2 unspecified atom stereocenters. The number of morpholine rings is 1. The van der Waals surface area contributed by atoms with E-state index in [0.717, 1.165) is 0 Å². The summed E-state index contributed by atoms with van der Waals surface area (Å²) in [6, 6.07) is 5.34. The second kappa shape index (κ2) is 7.47. The molecule has 1 N–H and O–H groups in total. The van der Waals surface area contributed by atoms with Gasteiger partial charge in [0.1, 0.15) is 0 Å². The summed E-state index contributed by atoms with van der Waals surface area (Å²) in [5, 5.41) is 2.81. The predicted molar refractivity (Wildman–Crippen MR) is 104 cm³/mol. The Morgan fingerprint density at radius 2 is 1.45 bits per heavy atom. The number of amides is 1. The van der Waals surface area contributed by atoms with E-state index in [1.165, 1.54) is 39.0 Å². The molecule has 3 fully saturated rings. The molecule has 2 aliphatic heterocycles. The molecular weight excluding hydrogens is 418 g/mol. The first kappa shape index (κ1) is 20.5. The van der Waals surface area contributed by atoms with Gasteiger partial charge in [-0.05, 0) is 42.2 Å². The van der Waals surface area contributed by atoms with Crippen LogP contribution in [0.4, 0.5) is 0 Å². The average Bonchev–Trinajstić information content (AvgIpc) is 3.15. The summed E-state index contributed by atoms with van der Waals surface area (Å²) in [4.78, 5) is 11.5. The molecule has 1 aromatic carbocycles. The van der Waals surface area contributed by atoms with Crippen molar-refractivity contribution in [2.75, 3.05) is 39.4 Å². The highest BCUT2D eigenvalue weighted by Gasteiger charge is 2.58. The smallest absolute Gasteiger partial charge is 0.243 e. The van der Waals surface area contributed by atoms with Gasteiger partial charge in [-0.2, -0.15) is 8.61 Å². The zero-order valence-corrected chi connectivity index (χ0v) is 17.4. The van der Waals surface area contributed by atoms with Gasteiger partial charge in [-0.15, -0.1) is 0 Å². The van der Waals surface area contributed by atoms with Gasteiger partial charge in [-0.25, -0.2) is 16.8 Å². The van der Waals surface area contributed by atoms with Crippen molar-refractivity contribution in [3.05, 3.63) is 36.9 Å². The standard InChI is InChI=1S/C18H23N3O6S2/c1-2-17(22)19-18-15-11-21(12-16(15)18)29(25,26)14-5-3-13(4-6-14)28(23,24)20-7-9-27-10-8-20/h2-6,15-16,18H,1,7-12H2,(H,19,22). The van der Waals surface area contributed by atoms with E-state index in [1.807, 2.05) is 0 Å². The summed E-state index contributed by atoms with van der Waals surface area (Å²) in [7, 11) is -7.38. The Hall–Kier alpha value is -1.79. The third kappa shape index (κ3) is 3.73. The van der Waals surface area contributed by atoms with Crippen molar-refractivity contribution in [1.29, 1.82) is 0 Å². The molecule has 0 bridgehead atoms. The fourth-order valence-corrected chi connectivity index (χ4v) is 6.91. The van der Waals surface area contributed by atoms with E-state index in [9.17, 15) is 21.6 Å². The molecule has 1 saturated carbocycles. The van der Waals surface area contributed by atoms with Crippen LogP contribution in [-0.2, 0) is 29.6 Å². The van der Waals surface area contributed by atoms with Crippen LogP contribution in [0.5, 0.6) is 0 Å². The summed E-state index contributed by atoms with van der Waals surface area (Å²) >= 11 is 0. The lowest BCUT2D eigenvalue weighted by Gasteiger charge is -2.26. The number of carbonyl (C=O) groups excluding carboxylic acids is 1. The van der Waals surface area contributed by atoms with Gasteiger partial charge in [0.25, 0.3) is 0 Å². The first-order valence-corrected chi connectivity index (χ1v) is 12.2. The minimum atomic E-state index is -3.71. The largest absolute Gasteiger partial charge is 0.379 e. The van der Waals surface area contributed by atoms with Crippen LogP contribution in [0.3, 0.4) is 0 Å². The molecule has 0 radical (unpaired) electrons. The van der Waals surface area contributed by atoms with E-state index in [1.54, 1.807) is 0 Å². The van der Waals surface area contributed by atoms with E-state index in [2.05, 4.69) is 11.9 Å². The fourth-order valence-electron chi connectivity index (χ4n) is 3.99. The Labute approximate surface area is 170 Å². The number of carbonyl (C=O) groups is 1. The molecular formula is C18H23N3O6S2. The summed E-state index contributed by atoms with van der Waals surface area (Å²) in [6.07, 6.45) is 1.20. The Morgan fingerprint density at radius 3 is 1.93 bits per heavy atom. The molecule has 29 heavy (non-hydrogen) atoms. The van der Waals surface area contributed by atoms with Gasteiger partial charge in [0.05, 0.1) is 23.0 Å². The van der Waals surface area contributed by atoms with Crippen LogP contribution >= 0.6 is 0 Å². The highest BCUT2D eigenvalue weighted by Crippen LogP contribution is 2.47. The Kier molecular flexibility index (Phi) is 5.28. The quantitative estimate of drug-likeness (QED) is 0.603. The number of piperidine rings is 1. The predicted octanol–water partition coefficient (Wildman–Crippen LogP) is -0.371. The second-order valence-electron chi connectivity index (χ2n) is 7.38. The number of sulfonamides is 2. The van der Waals surface area contributed by atoms with Crippen molar-refractivity contribution >= 4 is 26.0 Å². The van der Waals surface area contributed by atoms with Gasteiger partial charge in [0.2, 0.25) is 26.0 Å². The molecule has 1 aliphatic carbocycles. The van der Waals surface area contributed by atoms with Crippen molar-refractivity contribution in [2.45, 2.75) is 15.8 Å². The first-order valence-electron chi connectivity index (χ1n) is 9.36. The van der Waals surface area contributed by atoms with Gasteiger partial charge >= 0.3 is 0 Å². The number of fused-ring (bicyclic) bond motifs is 1. The number of rotatable bonds is 6.